The number of nitrogens with one attached hydrogen (secondary N) is 1. The minimum absolute atomic E-state index is 0.192. The molecule has 1 N–H and O–H groups in total. The number of likely N-dealkylation sites (N-methyl/N-ethyl adjacent to an activating group) is 2. The van der Waals surface area contributed by atoms with Gasteiger partial charge < -0.3 is 15.1 Å². The van der Waals surface area contributed by atoms with E-state index in [4.69, 9.17) is 4.98 Å². The second kappa shape index (κ2) is 8.20. The summed E-state index contributed by atoms with van der Waals surface area (Å²) in [7, 11) is 6.22. The molecule has 2 bridgehead atoms. The standard InChI is InChI=1S/C26H32N6O2/c1-16-21-15-27-25(28-19-6-8-20(9-7-19)31(5)11-10-30(3)4)29-23(21)32(24(34)22(16)17(2)33)26-12-18(13-26)14-26/h6-9,15,18H,10-14H2,1-5H3,(H,27,28,29). The molecule has 34 heavy (non-hydrogen) atoms. The van der Waals surface area contributed by atoms with Crippen LogP contribution in [-0.4, -0.2) is 59.5 Å². The van der Waals surface area contributed by atoms with Crippen molar-refractivity contribution in [3.8, 4) is 0 Å². The molecular weight excluding hydrogens is 428 g/mol. The lowest BCUT2D eigenvalue weighted by Crippen LogP contribution is -2.62. The molecule has 0 saturated heterocycles. The van der Waals surface area contributed by atoms with Gasteiger partial charge in [0.25, 0.3) is 5.56 Å². The highest BCUT2D eigenvalue weighted by molar-refractivity contribution is 5.99. The highest BCUT2D eigenvalue weighted by Gasteiger charge is 2.59. The largest absolute Gasteiger partial charge is 0.373 e. The number of pyridine rings is 1. The van der Waals surface area contributed by atoms with Crippen molar-refractivity contribution in [2.45, 2.75) is 38.6 Å². The second-order valence-electron chi connectivity index (χ2n) is 10.2. The molecule has 1 aromatic carbocycles. The maximum atomic E-state index is 13.4. The number of hydrogen-bond donors (Lipinski definition) is 1. The average molecular weight is 461 g/mol. The number of aryl methyl sites for hydroxylation is 1. The second-order valence-corrected chi connectivity index (χ2v) is 10.2. The fraction of sp³-hybridized carbons (Fsp3) is 0.462. The van der Waals surface area contributed by atoms with Gasteiger partial charge in [-0.1, -0.05) is 0 Å². The first kappa shape index (κ1) is 22.5. The lowest BCUT2D eigenvalue weighted by molar-refractivity contribution is -0.0884. The minimum atomic E-state index is -0.217. The average Bonchev–Trinajstić information content (AvgIpc) is 2.73. The molecule has 2 heterocycles. The maximum Gasteiger partial charge on any atom is 0.263 e. The molecule has 3 aliphatic carbocycles. The van der Waals surface area contributed by atoms with E-state index in [1.54, 1.807) is 10.8 Å². The van der Waals surface area contributed by atoms with Crippen LogP contribution >= 0.6 is 0 Å². The van der Waals surface area contributed by atoms with E-state index >= 15 is 0 Å². The molecule has 3 saturated carbocycles. The van der Waals surface area contributed by atoms with E-state index in [1.807, 2.05) is 19.1 Å². The van der Waals surface area contributed by atoms with E-state index in [-0.39, 0.29) is 22.4 Å². The Morgan fingerprint density at radius 3 is 2.38 bits per heavy atom. The summed E-state index contributed by atoms with van der Waals surface area (Å²) in [5.74, 6) is 0.927. The first-order valence-corrected chi connectivity index (χ1v) is 11.9. The Kier molecular flexibility index (Phi) is 5.43. The first-order valence-electron chi connectivity index (χ1n) is 11.9. The highest BCUT2D eigenvalue weighted by Crippen LogP contribution is 2.62. The molecule has 0 aliphatic heterocycles. The molecule has 0 unspecified atom stereocenters. The summed E-state index contributed by atoms with van der Waals surface area (Å²) < 4.78 is 1.79. The summed E-state index contributed by atoms with van der Waals surface area (Å²) in [6.07, 6.45) is 4.69. The van der Waals surface area contributed by atoms with E-state index in [0.29, 0.717) is 23.1 Å². The van der Waals surface area contributed by atoms with Gasteiger partial charge in [-0.3, -0.25) is 14.2 Å². The van der Waals surface area contributed by atoms with Crippen molar-refractivity contribution in [3.05, 3.63) is 51.9 Å². The third-order valence-corrected chi connectivity index (χ3v) is 7.46. The van der Waals surface area contributed by atoms with Crippen LogP contribution in [-0.2, 0) is 5.54 Å². The summed E-state index contributed by atoms with van der Waals surface area (Å²) in [5, 5.41) is 4.05. The Balaban J connectivity index is 1.48. The van der Waals surface area contributed by atoms with E-state index < -0.39 is 0 Å². The van der Waals surface area contributed by atoms with Gasteiger partial charge in [0, 0.05) is 43.1 Å². The van der Waals surface area contributed by atoms with E-state index in [1.165, 1.54) is 6.92 Å². The number of Topliss-reactive ketones (excluding diaryl/α,β-unsaturated/α-hetero) is 1. The van der Waals surface area contributed by atoms with Crippen LogP contribution in [0.4, 0.5) is 17.3 Å². The van der Waals surface area contributed by atoms with Crippen LogP contribution < -0.4 is 15.8 Å². The summed E-state index contributed by atoms with van der Waals surface area (Å²) in [4.78, 5) is 39.4. The molecule has 8 nitrogen and oxygen atoms in total. The van der Waals surface area contributed by atoms with Gasteiger partial charge in [-0.05, 0) is 83.0 Å². The van der Waals surface area contributed by atoms with Crippen molar-refractivity contribution in [1.29, 1.82) is 0 Å². The molecule has 0 amide bonds. The maximum absolute atomic E-state index is 13.4. The van der Waals surface area contributed by atoms with Crippen LogP contribution in [0, 0.1) is 12.8 Å². The van der Waals surface area contributed by atoms with Crippen molar-refractivity contribution in [2.75, 3.05) is 44.4 Å². The number of anilines is 3. The number of aromatic nitrogens is 3. The number of nitrogens with zero attached hydrogens (tertiary/aromatic N) is 5. The normalized spacial score (nSPS) is 20.7. The number of rotatable bonds is 8. The smallest absolute Gasteiger partial charge is 0.263 e. The molecule has 0 radical (unpaired) electrons. The molecule has 3 aromatic rings. The van der Waals surface area contributed by atoms with Crippen LogP contribution in [0.3, 0.4) is 0 Å². The Labute approximate surface area is 199 Å². The van der Waals surface area contributed by atoms with Crippen molar-refractivity contribution >= 4 is 34.1 Å². The van der Waals surface area contributed by atoms with Crippen molar-refractivity contribution < 1.29 is 4.79 Å². The molecular formula is C26H32N6O2. The van der Waals surface area contributed by atoms with E-state index in [9.17, 15) is 9.59 Å². The lowest BCUT2D eigenvalue weighted by Gasteiger charge is -2.62. The monoisotopic (exact) mass is 460 g/mol. The number of carbonyl (C=O) groups is 1. The number of fused-ring (bicyclic) bond motifs is 1. The van der Waals surface area contributed by atoms with E-state index in [2.05, 4.69) is 53.4 Å². The van der Waals surface area contributed by atoms with Gasteiger partial charge in [0.15, 0.2) is 5.78 Å². The topological polar surface area (TPSA) is 83.4 Å². The van der Waals surface area contributed by atoms with Gasteiger partial charge in [0.1, 0.15) is 5.65 Å². The summed E-state index contributed by atoms with van der Waals surface area (Å²) >= 11 is 0. The predicted molar refractivity (Wildman–Crippen MR) is 135 cm³/mol. The molecule has 0 atom stereocenters. The molecule has 3 aliphatic rings. The van der Waals surface area contributed by atoms with Gasteiger partial charge in [-0.15, -0.1) is 0 Å². The van der Waals surface area contributed by atoms with Gasteiger partial charge in [0.2, 0.25) is 5.95 Å². The molecule has 178 valence electrons. The molecule has 6 rings (SSSR count). The van der Waals surface area contributed by atoms with Crippen LogP contribution in [0.15, 0.2) is 35.3 Å². The number of hydrogen-bond acceptors (Lipinski definition) is 7. The van der Waals surface area contributed by atoms with Crippen LogP contribution in [0.2, 0.25) is 0 Å². The number of ketones is 1. The fourth-order valence-electron chi connectivity index (χ4n) is 5.34. The molecule has 2 aromatic heterocycles. The van der Waals surface area contributed by atoms with Crippen LogP contribution in [0.5, 0.6) is 0 Å². The zero-order valence-electron chi connectivity index (χ0n) is 20.6. The summed E-state index contributed by atoms with van der Waals surface area (Å²) in [6.45, 7) is 5.19. The zero-order chi connectivity index (χ0) is 24.2. The first-order chi connectivity index (χ1) is 16.2. The van der Waals surface area contributed by atoms with E-state index in [0.717, 1.165) is 49.1 Å². The van der Waals surface area contributed by atoms with Gasteiger partial charge in [-0.25, -0.2) is 4.98 Å². The third kappa shape index (κ3) is 3.66. The Hall–Kier alpha value is -3.26. The highest BCUT2D eigenvalue weighted by atomic mass is 16.1. The summed E-state index contributed by atoms with van der Waals surface area (Å²) in [5.41, 5.74) is 3.14. The van der Waals surface area contributed by atoms with Crippen molar-refractivity contribution in [1.82, 2.24) is 19.4 Å². The van der Waals surface area contributed by atoms with Crippen molar-refractivity contribution in [3.63, 3.8) is 0 Å². The number of benzene rings is 1. The lowest BCUT2D eigenvalue weighted by atomic mass is 9.49. The molecule has 0 spiro atoms. The van der Waals surface area contributed by atoms with Gasteiger partial charge in [0.05, 0.1) is 11.1 Å². The van der Waals surface area contributed by atoms with Gasteiger partial charge >= 0.3 is 0 Å². The predicted octanol–water partition coefficient (Wildman–Crippen LogP) is 3.55. The SMILES string of the molecule is CC(=O)c1c(C)c2cnc(Nc3ccc(N(C)CCN(C)C)cc3)nc2n(C23CC(C2)C3)c1=O. The van der Waals surface area contributed by atoms with Crippen LogP contribution in [0.25, 0.3) is 11.0 Å². The Morgan fingerprint density at radius 1 is 1.15 bits per heavy atom. The summed E-state index contributed by atoms with van der Waals surface area (Å²) in [6, 6.07) is 8.15. The number of carbonyl (C=O) groups excluding carboxylic acids is 1. The Bertz CT molecular complexity index is 1310. The van der Waals surface area contributed by atoms with Crippen LogP contribution in [0.1, 0.15) is 42.1 Å². The third-order valence-electron chi connectivity index (χ3n) is 7.46. The van der Waals surface area contributed by atoms with Crippen molar-refractivity contribution in [2.24, 2.45) is 5.92 Å². The Morgan fingerprint density at radius 2 is 1.82 bits per heavy atom. The van der Waals surface area contributed by atoms with Gasteiger partial charge in [-0.2, -0.15) is 4.98 Å². The molecule has 8 heteroatoms. The minimum Gasteiger partial charge on any atom is -0.373 e. The zero-order valence-corrected chi connectivity index (χ0v) is 20.6. The molecule has 3 fully saturated rings. The quantitative estimate of drug-likeness (QED) is 0.515. The fourth-order valence-corrected chi connectivity index (χ4v) is 5.34.